The van der Waals surface area contributed by atoms with Crippen molar-refractivity contribution in [2.75, 3.05) is 33.2 Å². The second-order valence-electron chi connectivity index (χ2n) is 10.8. The fourth-order valence-electron chi connectivity index (χ4n) is 5.57. The number of methoxy groups -OCH3 is 2. The van der Waals surface area contributed by atoms with Gasteiger partial charge < -0.3 is 24.5 Å². The van der Waals surface area contributed by atoms with E-state index in [-0.39, 0.29) is 11.2 Å². The van der Waals surface area contributed by atoms with Gasteiger partial charge in [-0.05, 0) is 66.3 Å². The zero-order chi connectivity index (χ0) is 30.6. The first kappa shape index (κ1) is 29.1. The number of benzene rings is 2. The molecule has 0 unspecified atom stereocenters. The smallest absolute Gasteiger partial charge is 0.197 e. The van der Waals surface area contributed by atoms with Crippen LogP contribution in [0.1, 0.15) is 12.8 Å². The summed E-state index contributed by atoms with van der Waals surface area (Å²) in [5.74, 6) is 1.67. The van der Waals surface area contributed by atoms with Gasteiger partial charge in [-0.2, -0.15) is 0 Å². The van der Waals surface area contributed by atoms with Crippen molar-refractivity contribution >= 4 is 5.82 Å². The summed E-state index contributed by atoms with van der Waals surface area (Å²) in [6, 6.07) is 17.3. The van der Waals surface area contributed by atoms with Gasteiger partial charge in [-0.1, -0.05) is 24.3 Å². The molecule has 1 fully saturated rings. The predicted octanol–water partition coefficient (Wildman–Crippen LogP) is 6.47. The largest absolute Gasteiger partial charge is 0.493 e. The highest BCUT2D eigenvalue weighted by Crippen LogP contribution is 2.35. The van der Waals surface area contributed by atoms with Crippen LogP contribution in [-0.2, 0) is 11.3 Å². The average molecular weight is 593 g/mol. The normalized spacial score (nSPS) is 13.5. The van der Waals surface area contributed by atoms with Crippen LogP contribution in [0.25, 0.3) is 44.6 Å². The number of hydrogen-bond donors (Lipinski definition) is 1. The van der Waals surface area contributed by atoms with Crippen LogP contribution >= 0.6 is 0 Å². The molecular formula is C35H33FN4O4. The lowest BCUT2D eigenvalue weighted by molar-refractivity contribution is 0.0612. The monoisotopic (exact) mass is 592 g/mol. The number of nitrogen functional groups attached to an aromatic ring is 1. The molecule has 0 aliphatic carbocycles. The van der Waals surface area contributed by atoms with Crippen molar-refractivity contribution in [2.45, 2.75) is 19.4 Å². The van der Waals surface area contributed by atoms with Gasteiger partial charge >= 0.3 is 0 Å². The molecule has 6 rings (SSSR count). The van der Waals surface area contributed by atoms with E-state index in [1.807, 2.05) is 48.8 Å². The number of hydrogen-bond acceptors (Lipinski definition) is 7. The van der Waals surface area contributed by atoms with Gasteiger partial charge in [0.25, 0.3) is 0 Å². The zero-order valence-electron chi connectivity index (χ0n) is 24.6. The van der Waals surface area contributed by atoms with Gasteiger partial charge in [0.2, 0.25) is 0 Å². The number of halogens is 1. The molecule has 8 nitrogen and oxygen atoms in total. The molecule has 1 saturated heterocycles. The topological polar surface area (TPSA) is 101 Å². The van der Waals surface area contributed by atoms with Crippen LogP contribution in [0.3, 0.4) is 0 Å². The van der Waals surface area contributed by atoms with Gasteiger partial charge in [0.1, 0.15) is 11.6 Å². The van der Waals surface area contributed by atoms with E-state index >= 15 is 0 Å². The van der Waals surface area contributed by atoms with E-state index < -0.39 is 0 Å². The summed E-state index contributed by atoms with van der Waals surface area (Å²) < 4.78 is 32.1. The number of ether oxygens (including phenoxy) is 3. The van der Waals surface area contributed by atoms with Gasteiger partial charge in [0.05, 0.1) is 19.9 Å². The molecule has 0 bridgehead atoms. The number of aromatic nitrogens is 3. The second-order valence-corrected chi connectivity index (χ2v) is 10.8. The Morgan fingerprint density at radius 3 is 2.16 bits per heavy atom. The molecule has 0 radical (unpaired) electrons. The predicted molar refractivity (Wildman–Crippen MR) is 169 cm³/mol. The Morgan fingerprint density at radius 2 is 1.48 bits per heavy atom. The molecule has 0 saturated carbocycles. The highest BCUT2D eigenvalue weighted by atomic mass is 19.1. The van der Waals surface area contributed by atoms with Crippen LogP contribution in [-0.4, -0.2) is 42.0 Å². The van der Waals surface area contributed by atoms with Gasteiger partial charge in [-0.3, -0.25) is 9.78 Å². The number of pyridine rings is 3. The number of rotatable bonds is 8. The second kappa shape index (κ2) is 12.7. The molecule has 3 aromatic heterocycles. The average Bonchev–Trinajstić information content (AvgIpc) is 3.06. The van der Waals surface area contributed by atoms with Crippen molar-refractivity contribution in [1.82, 2.24) is 14.5 Å². The number of anilines is 1. The lowest BCUT2D eigenvalue weighted by Gasteiger charge is -2.24. The fourth-order valence-corrected chi connectivity index (χ4v) is 5.57. The minimum atomic E-state index is -0.351. The van der Waals surface area contributed by atoms with E-state index in [0.717, 1.165) is 43.7 Å². The van der Waals surface area contributed by atoms with Crippen molar-refractivity contribution in [3.8, 4) is 56.1 Å². The van der Waals surface area contributed by atoms with E-state index in [9.17, 15) is 9.18 Å². The van der Waals surface area contributed by atoms with Crippen LogP contribution < -0.4 is 20.6 Å². The molecule has 2 aromatic carbocycles. The Morgan fingerprint density at radius 1 is 0.818 bits per heavy atom. The van der Waals surface area contributed by atoms with Gasteiger partial charge in [-0.25, -0.2) is 9.37 Å². The van der Waals surface area contributed by atoms with Gasteiger partial charge in [-0.15, -0.1) is 0 Å². The zero-order valence-corrected chi connectivity index (χ0v) is 24.6. The molecule has 5 aromatic rings. The maximum Gasteiger partial charge on any atom is 0.197 e. The molecule has 4 heterocycles. The molecule has 2 N–H and O–H groups in total. The third-order valence-electron chi connectivity index (χ3n) is 8.03. The summed E-state index contributed by atoms with van der Waals surface area (Å²) in [6.07, 6.45) is 9.05. The Kier molecular flexibility index (Phi) is 8.38. The first-order valence-electron chi connectivity index (χ1n) is 14.5. The van der Waals surface area contributed by atoms with Gasteiger partial charge in [0.15, 0.2) is 16.9 Å². The molecule has 44 heavy (non-hydrogen) atoms. The van der Waals surface area contributed by atoms with Crippen molar-refractivity contribution in [3.05, 3.63) is 101 Å². The summed E-state index contributed by atoms with van der Waals surface area (Å²) in [4.78, 5) is 22.9. The van der Waals surface area contributed by atoms with Crippen molar-refractivity contribution in [2.24, 2.45) is 5.92 Å². The molecule has 1 aliphatic rings. The molecule has 0 atom stereocenters. The summed E-state index contributed by atoms with van der Waals surface area (Å²) in [6.45, 7) is 2.22. The van der Waals surface area contributed by atoms with Crippen LogP contribution in [0.4, 0.5) is 10.2 Å². The molecular weight excluding hydrogens is 559 g/mol. The molecule has 224 valence electrons. The maximum atomic E-state index is 13.8. The van der Waals surface area contributed by atoms with Crippen LogP contribution in [0.2, 0.25) is 0 Å². The Balaban J connectivity index is 1.36. The summed E-state index contributed by atoms with van der Waals surface area (Å²) >= 11 is 0. The molecule has 9 heteroatoms. The lowest BCUT2D eigenvalue weighted by Crippen LogP contribution is -2.22. The molecule has 0 amide bonds. The highest BCUT2D eigenvalue weighted by molar-refractivity contribution is 5.79. The Hall–Kier alpha value is -5.02. The molecule has 0 spiro atoms. The quantitative estimate of drug-likeness (QED) is 0.220. The highest BCUT2D eigenvalue weighted by Gasteiger charge is 2.18. The fraction of sp³-hybridized carbons (Fsp3) is 0.229. The minimum absolute atomic E-state index is 0.147. The number of nitrogens with zero attached hydrogens (tertiary/aromatic N) is 3. The van der Waals surface area contributed by atoms with E-state index in [1.54, 1.807) is 38.7 Å². The van der Waals surface area contributed by atoms with Gasteiger partial charge in [0, 0.05) is 72.4 Å². The first-order chi connectivity index (χ1) is 21.4. The van der Waals surface area contributed by atoms with Crippen molar-refractivity contribution < 1.29 is 18.6 Å². The Labute approximate surface area is 254 Å². The maximum absolute atomic E-state index is 13.8. The van der Waals surface area contributed by atoms with Crippen molar-refractivity contribution in [1.29, 1.82) is 0 Å². The standard InChI is InChI=1S/C35H33FN4O4/c1-42-32-10-6-24(16-33(32)43-2)26-15-28(35(37)39-18-26)31-9-5-25(17-38-31)30-21-40(19-22-11-13-44-14-12-22)20-29(34(30)41)23-3-7-27(36)8-4-23/h3-10,15-18,20-22H,11-14,19H2,1-2H3,(H2,37,39). The minimum Gasteiger partial charge on any atom is -0.493 e. The van der Waals surface area contributed by atoms with Crippen LogP contribution in [0, 0.1) is 11.7 Å². The van der Waals surface area contributed by atoms with Crippen molar-refractivity contribution in [3.63, 3.8) is 0 Å². The van der Waals surface area contributed by atoms with Crippen LogP contribution in [0.5, 0.6) is 11.5 Å². The van der Waals surface area contributed by atoms with E-state index in [4.69, 9.17) is 24.9 Å². The lowest BCUT2D eigenvalue weighted by atomic mass is 9.98. The third kappa shape index (κ3) is 6.05. The number of nitrogens with two attached hydrogens (primary N) is 1. The third-order valence-corrected chi connectivity index (χ3v) is 8.03. The SMILES string of the molecule is COc1ccc(-c2cnc(N)c(-c3ccc(-c4cn(CC5CCOCC5)cc(-c5ccc(F)cc5)c4=O)cn3)c2)cc1OC. The van der Waals surface area contributed by atoms with E-state index in [2.05, 4.69) is 9.55 Å². The Bertz CT molecular complexity index is 1830. The van der Waals surface area contributed by atoms with E-state index in [1.165, 1.54) is 12.1 Å². The molecule has 1 aliphatic heterocycles. The summed E-state index contributed by atoms with van der Waals surface area (Å²) in [5.41, 5.74) is 11.5. The van der Waals surface area contributed by atoms with E-state index in [0.29, 0.717) is 56.7 Å². The van der Waals surface area contributed by atoms with Crippen LogP contribution in [0.15, 0.2) is 90.2 Å². The first-order valence-corrected chi connectivity index (χ1v) is 14.5. The summed E-state index contributed by atoms with van der Waals surface area (Å²) in [5, 5.41) is 0. The summed E-state index contributed by atoms with van der Waals surface area (Å²) in [7, 11) is 3.19.